The quantitative estimate of drug-likeness (QED) is 0.802. The first-order valence-electron chi connectivity index (χ1n) is 6.84. The Hall–Kier alpha value is -2.04. The SMILES string of the molecule is CCCC(CCC)C(=O)Nc1ccc([O-])cc1C(=O)O. The van der Waals surface area contributed by atoms with Crippen molar-refractivity contribution in [2.45, 2.75) is 39.5 Å². The molecule has 1 aromatic rings. The number of carbonyl (C=O) groups is 2. The molecule has 1 rings (SSSR count). The molecule has 0 unspecified atom stereocenters. The van der Waals surface area contributed by atoms with Crippen LogP contribution >= 0.6 is 0 Å². The molecule has 0 spiro atoms. The first kappa shape index (κ1) is 16.0. The molecule has 0 saturated heterocycles. The third-order valence-electron chi connectivity index (χ3n) is 3.12. The average molecular weight is 278 g/mol. The van der Waals surface area contributed by atoms with Crippen molar-refractivity contribution in [2.75, 3.05) is 5.32 Å². The van der Waals surface area contributed by atoms with Gasteiger partial charge in [-0.15, -0.1) is 5.75 Å². The fourth-order valence-electron chi connectivity index (χ4n) is 2.15. The number of amides is 1. The summed E-state index contributed by atoms with van der Waals surface area (Å²) < 4.78 is 0. The molecule has 5 heteroatoms. The number of carboxylic acid groups (broad SMARTS) is 1. The summed E-state index contributed by atoms with van der Waals surface area (Å²) in [5, 5.41) is 22.9. The van der Waals surface area contributed by atoms with Crippen LogP contribution in [0.5, 0.6) is 5.75 Å². The molecular weight excluding hydrogens is 258 g/mol. The summed E-state index contributed by atoms with van der Waals surface area (Å²) in [5.41, 5.74) is 0.0110. The lowest BCUT2D eigenvalue weighted by Crippen LogP contribution is -2.24. The Morgan fingerprint density at radius 2 is 1.85 bits per heavy atom. The van der Waals surface area contributed by atoms with E-state index in [4.69, 9.17) is 5.11 Å². The highest BCUT2D eigenvalue weighted by atomic mass is 16.4. The second-order valence-corrected chi connectivity index (χ2v) is 4.78. The standard InChI is InChI=1S/C15H21NO4/c1-3-5-10(6-4-2)14(18)16-13-8-7-11(17)9-12(13)15(19)20/h7-10,17H,3-6H2,1-2H3,(H,16,18)(H,19,20)/p-1. The first-order valence-corrected chi connectivity index (χ1v) is 6.84. The summed E-state index contributed by atoms with van der Waals surface area (Å²) in [5.74, 6) is -1.92. The molecule has 0 fully saturated rings. The summed E-state index contributed by atoms with van der Waals surface area (Å²) in [6.07, 6.45) is 3.32. The Kier molecular flexibility index (Phi) is 6.03. The lowest BCUT2D eigenvalue weighted by Gasteiger charge is -2.17. The van der Waals surface area contributed by atoms with Crippen molar-refractivity contribution in [3.8, 4) is 5.75 Å². The van der Waals surface area contributed by atoms with Gasteiger partial charge in [-0.1, -0.05) is 38.8 Å². The minimum Gasteiger partial charge on any atom is -0.872 e. The van der Waals surface area contributed by atoms with Gasteiger partial charge < -0.3 is 15.5 Å². The molecule has 1 amide bonds. The molecule has 0 aliphatic rings. The number of hydrogen-bond donors (Lipinski definition) is 2. The molecule has 0 saturated carbocycles. The predicted octanol–water partition coefficient (Wildman–Crippen LogP) is 2.61. The van der Waals surface area contributed by atoms with E-state index in [0.29, 0.717) is 0 Å². The molecule has 0 radical (unpaired) electrons. The minimum absolute atomic E-state index is 0.126. The zero-order chi connectivity index (χ0) is 15.1. The van der Waals surface area contributed by atoms with Gasteiger partial charge in [-0.25, -0.2) is 4.79 Å². The van der Waals surface area contributed by atoms with Gasteiger partial charge in [-0.05, 0) is 18.9 Å². The maximum atomic E-state index is 12.2. The largest absolute Gasteiger partial charge is 0.872 e. The Morgan fingerprint density at radius 3 is 2.35 bits per heavy atom. The van der Waals surface area contributed by atoms with Crippen LogP contribution < -0.4 is 10.4 Å². The van der Waals surface area contributed by atoms with Crippen LogP contribution in [-0.2, 0) is 4.79 Å². The topological polar surface area (TPSA) is 89.5 Å². The van der Waals surface area contributed by atoms with Gasteiger partial charge in [-0.3, -0.25) is 4.79 Å². The summed E-state index contributed by atoms with van der Waals surface area (Å²) >= 11 is 0. The molecule has 0 bridgehead atoms. The van der Waals surface area contributed by atoms with E-state index in [2.05, 4.69) is 5.32 Å². The lowest BCUT2D eigenvalue weighted by molar-refractivity contribution is -0.268. The van der Waals surface area contributed by atoms with E-state index < -0.39 is 5.97 Å². The van der Waals surface area contributed by atoms with Gasteiger partial charge in [-0.2, -0.15) is 0 Å². The van der Waals surface area contributed by atoms with E-state index in [1.807, 2.05) is 13.8 Å². The Morgan fingerprint density at radius 1 is 1.25 bits per heavy atom. The number of carboxylic acids is 1. The Bertz CT molecular complexity index is 479. The van der Waals surface area contributed by atoms with Gasteiger partial charge in [0.2, 0.25) is 5.91 Å². The molecule has 20 heavy (non-hydrogen) atoms. The number of rotatable bonds is 7. The van der Waals surface area contributed by atoms with Crippen molar-refractivity contribution in [2.24, 2.45) is 5.92 Å². The molecule has 1 aromatic carbocycles. The lowest BCUT2D eigenvalue weighted by atomic mass is 9.97. The third-order valence-corrected chi connectivity index (χ3v) is 3.12. The van der Waals surface area contributed by atoms with Crippen molar-refractivity contribution < 1.29 is 19.8 Å². The average Bonchev–Trinajstić information content (AvgIpc) is 2.40. The van der Waals surface area contributed by atoms with Crippen LogP contribution in [0, 0.1) is 5.92 Å². The van der Waals surface area contributed by atoms with Gasteiger partial charge in [0.15, 0.2) is 0 Å². The van der Waals surface area contributed by atoms with Crippen LogP contribution in [0.2, 0.25) is 0 Å². The Labute approximate surface area is 118 Å². The second-order valence-electron chi connectivity index (χ2n) is 4.78. The van der Waals surface area contributed by atoms with Gasteiger partial charge in [0.25, 0.3) is 0 Å². The molecule has 5 nitrogen and oxygen atoms in total. The maximum Gasteiger partial charge on any atom is 0.337 e. The summed E-state index contributed by atoms with van der Waals surface area (Å²) in [6, 6.07) is 3.61. The molecule has 0 heterocycles. The second kappa shape index (κ2) is 7.53. The zero-order valence-corrected chi connectivity index (χ0v) is 11.8. The van der Waals surface area contributed by atoms with Crippen LogP contribution in [0.1, 0.15) is 49.9 Å². The predicted molar refractivity (Wildman–Crippen MR) is 74.8 cm³/mol. The van der Waals surface area contributed by atoms with E-state index in [9.17, 15) is 14.7 Å². The molecule has 0 atom stereocenters. The van der Waals surface area contributed by atoms with Crippen molar-refractivity contribution in [1.29, 1.82) is 0 Å². The molecule has 0 aliphatic carbocycles. The third kappa shape index (κ3) is 4.26. The molecule has 2 N–H and O–H groups in total. The number of nitrogens with one attached hydrogen (secondary N) is 1. The van der Waals surface area contributed by atoms with Crippen molar-refractivity contribution in [3.63, 3.8) is 0 Å². The minimum atomic E-state index is -1.22. The highest BCUT2D eigenvalue weighted by Crippen LogP contribution is 2.22. The first-order chi connectivity index (χ1) is 9.49. The number of carbonyl (C=O) groups excluding carboxylic acids is 1. The van der Waals surface area contributed by atoms with E-state index in [0.717, 1.165) is 31.7 Å². The summed E-state index contributed by atoms with van der Waals surface area (Å²) in [4.78, 5) is 23.3. The van der Waals surface area contributed by atoms with E-state index in [1.165, 1.54) is 12.1 Å². The van der Waals surface area contributed by atoms with Crippen molar-refractivity contribution in [3.05, 3.63) is 23.8 Å². The van der Waals surface area contributed by atoms with Crippen LogP contribution in [-0.4, -0.2) is 17.0 Å². The van der Waals surface area contributed by atoms with Gasteiger partial charge in [0.05, 0.1) is 11.3 Å². The molecular formula is C15H20NO4-. The zero-order valence-electron chi connectivity index (χ0n) is 11.8. The highest BCUT2D eigenvalue weighted by Gasteiger charge is 2.19. The van der Waals surface area contributed by atoms with E-state index in [-0.39, 0.29) is 28.8 Å². The van der Waals surface area contributed by atoms with E-state index >= 15 is 0 Å². The monoisotopic (exact) mass is 278 g/mol. The molecule has 0 aliphatic heterocycles. The number of benzene rings is 1. The molecule has 110 valence electrons. The number of aromatic carboxylic acids is 1. The van der Waals surface area contributed by atoms with Crippen LogP contribution in [0.15, 0.2) is 18.2 Å². The van der Waals surface area contributed by atoms with E-state index in [1.54, 1.807) is 0 Å². The van der Waals surface area contributed by atoms with Crippen molar-refractivity contribution >= 4 is 17.6 Å². The van der Waals surface area contributed by atoms with Gasteiger partial charge in [0.1, 0.15) is 0 Å². The van der Waals surface area contributed by atoms with Gasteiger partial charge >= 0.3 is 5.97 Å². The normalized spacial score (nSPS) is 10.6. The number of anilines is 1. The fourth-order valence-corrected chi connectivity index (χ4v) is 2.15. The highest BCUT2D eigenvalue weighted by molar-refractivity contribution is 6.01. The van der Waals surface area contributed by atoms with Crippen LogP contribution in [0.3, 0.4) is 0 Å². The smallest absolute Gasteiger partial charge is 0.337 e. The summed E-state index contributed by atoms with van der Waals surface area (Å²) in [6.45, 7) is 4.01. The van der Waals surface area contributed by atoms with Crippen molar-refractivity contribution in [1.82, 2.24) is 0 Å². The number of hydrogen-bond acceptors (Lipinski definition) is 3. The molecule has 0 aromatic heterocycles. The van der Waals surface area contributed by atoms with Crippen LogP contribution in [0.4, 0.5) is 5.69 Å². The van der Waals surface area contributed by atoms with Crippen LogP contribution in [0.25, 0.3) is 0 Å². The summed E-state index contributed by atoms with van der Waals surface area (Å²) in [7, 11) is 0. The fraction of sp³-hybridized carbons (Fsp3) is 0.467. The Balaban J connectivity index is 2.91. The van der Waals surface area contributed by atoms with Gasteiger partial charge in [0, 0.05) is 5.92 Å². The maximum absolute atomic E-state index is 12.2.